The topological polar surface area (TPSA) is 42.0 Å². The van der Waals surface area contributed by atoms with Gasteiger partial charge in [-0.2, -0.15) is 0 Å². The first-order valence-corrected chi connectivity index (χ1v) is 8.20. The fourth-order valence-electron chi connectivity index (χ4n) is 2.15. The molecule has 1 N–H and O–H groups in total. The molecule has 1 aromatic heterocycles. The lowest BCUT2D eigenvalue weighted by atomic mass is 10.0. The maximum Gasteiger partial charge on any atom is 0.257 e. The fraction of sp³-hybridized carbons (Fsp3) is 0.176. The Bertz CT molecular complexity index is 842. The maximum absolute atomic E-state index is 12.2. The third-order valence-electron chi connectivity index (χ3n) is 3.39. The van der Waals surface area contributed by atoms with Gasteiger partial charge in [-0.05, 0) is 41.8 Å². The van der Waals surface area contributed by atoms with E-state index in [1.165, 1.54) is 16.9 Å². The smallest absolute Gasteiger partial charge is 0.257 e. The molecule has 22 heavy (non-hydrogen) atoms. The van der Waals surface area contributed by atoms with Crippen molar-refractivity contribution in [2.75, 3.05) is 5.32 Å². The molecule has 0 saturated carbocycles. The minimum absolute atomic E-state index is 0.203. The van der Waals surface area contributed by atoms with Crippen molar-refractivity contribution in [2.45, 2.75) is 19.8 Å². The predicted molar refractivity (Wildman–Crippen MR) is 93.1 cm³/mol. The van der Waals surface area contributed by atoms with Gasteiger partial charge in [-0.15, -0.1) is 0 Å². The van der Waals surface area contributed by atoms with Gasteiger partial charge in [0.05, 0.1) is 10.2 Å². The summed E-state index contributed by atoms with van der Waals surface area (Å²) in [6.45, 7) is 4.31. The second-order valence-corrected chi connectivity index (χ2v) is 6.83. The number of carbonyl (C=O) groups is 1. The Morgan fingerprint density at radius 3 is 2.77 bits per heavy atom. The number of hydrogen-bond acceptors (Lipinski definition) is 3. The molecule has 3 aromatic rings. The Kier molecular flexibility index (Phi) is 4.14. The quantitative estimate of drug-likeness (QED) is 0.705. The number of hydrogen-bond donors (Lipinski definition) is 1. The molecule has 0 atom stereocenters. The fourth-order valence-corrected chi connectivity index (χ4v) is 3.25. The molecule has 0 bridgehead atoms. The molecular formula is C17H15ClN2OS. The van der Waals surface area contributed by atoms with Crippen LogP contribution in [-0.4, -0.2) is 10.9 Å². The average molecular weight is 331 g/mol. The van der Waals surface area contributed by atoms with Crippen LogP contribution in [0.1, 0.15) is 35.7 Å². The zero-order valence-corrected chi connectivity index (χ0v) is 13.8. The highest BCUT2D eigenvalue weighted by Crippen LogP contribution is 2.29. The molecule has 0 aliphatic rings. The van der Waals surface area contributed by atoms with Crippen LogP contribution in [0, 0.1) is 0 Å². The van der Waals surface area contributed by atoms with Crippen molar-refractivity contribution < 1.29 is 4.79 Å². The van der Waals surface area contributed by atoms with Gasteiger partial charge < -0.3 is 0 Å². The van der Waals surface area contributed by atoms with Crippen LogP contribution < -0.4 is 5.32 Å². The van der Waals surface area contributed by atoms with Crippen LogP contribution in [0.25, 0.3) is 10.2 Å². The number of carbonyl (C=O) groups excluding carboxylic acids is 1. The molecule has 2 aromatic carbocycles. The SMILES string of the molecule is CC(C)c1ccc2nc(NC(=O)c3cccc(Cl)c3)sc2c1. The first-order chi connectivity index (χ1) is 10.5. The highest BCUT2D eigenvalue weighted by Gasteiger charge is 2.11. The number of thiazole rings is 1. The minimum Gasteiger partial charge on any atom is -0.298 e. The Morgan fingerprint density at radius 2 is 2.05 bits per heavy atom. The van der Waals surface area contributed by atoms with Crippen LogP contribution in [0.3, 0.4) is 0 Å². The lowest BCUT2D eigenvalue weighted by molar-refractivity contribution is 0.102. The highest BCUT2D eigenvalue weighted by molar-refractivity contribution is 7.22. The van der Waals surface area contributed by atoms with E-state index in [2.05, 4.69) is 36.3 Å². The van der Waals surface area contributed by atoms with E-state index in [9.17, 15) is 4.79 Å². The predicted octanol–water partition coefficient (Wildman–Crippen LogP) is 5.33. The van der Waals surface area contributed by atoms with E-state index in [1.54, 1.807) is 24.3 Å². The zero-order chi connectivity index (χ0) is 15.7. The van der Waals surface area contributed by atoms with Gasteiger partial charge >= 0.3 is 0 Å². The molecule has 0 spiro atoms. The van der Waals surface area contributed by atoms with E-state index in [1.807, 2.05) is 6.07 Å². The van der Waals surface area contributed by atoms with Gasteiger partial charge in [-0.1, -0.05) is 48.9 Å². The van der Waals surface area contributed by atoms with E-state index in [0.717, 1.165) is 10.2 Å². The van der Waals surface area contributed by atoms with Crippen molar-refractivity contribution >= 4 is 44.2 Å². The van der Waals surface area contributed by atoms with Gasteiger partial charge in [0.25, 0.3) is 5.91 Å². The molecule has 112 valence electrons. The van der Waals surface area contributed by atoms with Crippen molar-refractivity contribution in [1.82, 2.24) is 4.98 Å². The Balaban J connectivity index is 1.86. The number of fused-ring (bicyclic) bond motifs is 1. The van der Waals surface area contributed by atoms with Gasteiger partial charge in [-0.3, -0.25) is 10.1 Å². The van der Waals surface area contributed by atoms with Crippen LogP contribution in [0.4, 0.5) is 5.13 Å². The second kappa shape index (κ2) is 6.07. The molecule has 3 nitrogen and oxygen atoms in total. The lowest BCUT2D eigenvalue weighted by Crippen LogP contribution is -2.11. The molecule has 1 amide bonds. The molecule has 0 unspecified atom stereocenters. The van der Waals surface area contributed by atoms with Gasteiger partial charge in [0.1, 0.15) is 0 Å². The van der Waals surface area contributed by atoms with Crippen molar-refractivity contribution in [1.29, 1.82) is 0 Å². The Hall–Kier alpha value is -1.91. The summed E-state index contributed by atoms with van der Waals surface area (Å²) in [5.74, 6) is 0.265. The summed E-state index contributed by atoms with van der Waals surface area (Å²) in [5.41, 5.74) is 2.69. The van der Waals surface area contributed by atoms with E-state index in [4.69, 9.17) is 11.6 Å². The van der Waals surface area contributed by atoms with E-state index >= 15 is 0 Å². The lowest BCUT2D eigenvalue weighted by Gasteiger charge is -2.03. The number of amides is 1. The summed E-state index contributed by atoms with van der Waals surface area (Å²) in [4.78, 5) is 16.7. The molecule has 0 radical (unpaired) electrons. The molecule has 5 heteroatoms. The van der Waals surface area contributed by atoms with Crippen molar-refractivity contribution in [3.8, 4) is 0 Å². The van der Waals surface area contributed by atoms with E-state index in [-0.39, 0.29) is 5.91 Å². The van der Waals surface area contributed by atoms with Crippen molar-refractivity contribution in [2.24, 2.45) is 0 Å². The molecule has 3 rings (SSSR count). The summed E-state index contributed by atoms with van der Waals surface area (Å²) >= 11 is 7.39. The normalized spacial score (nSPS) is 11.1. The standard InChI is InChI=1S/C17H15ClN2OS/c1-10(2)11-6-7-14-15(9-11)22-17(19-14)20-16(21)12-4-3-5-13(18)8-12/h3-10H,1-2H3,(H,19,20,21). The first-order valence-electron chi connectivity index (χ1n) is 7.00. The first kappa shape index (κ1) is 15.0. The summed E-state index contributed by atoms with van der Waals surface area (Å²) < 4.78 is 1.08. The molecule has 0 fully saturated rings. The molecule has 0 aliphatic heterocycles. The van der Waals surface area contributed by atoms with Crippen LogP contribution in [-0.2, 0) is 0 Å². The number of anilines is 1. The number of halogens is 1. The van der Waals surface area contributed by atoms with E-state index < -0.39 is 0 Å². The van der Waals surface area contributed by atoms with Gasteiger partial charge in [0, 0.05) is 10.6 Å². The van der Waals surface area contributed by atoms with Gasteiger partial charge in [0.15, 0.2) is 5.13 Å². The van der Waals surface area contributed by atoms with Crippen LogP contribution in [0.5, 0.6) is 0 Å². The summed E-state index contributed by atoms with van der Waals surface area (Å²) in [7, 11) is 0. The molecule has 0 aliphatic carbocycles. The molecule has 0 saturated heterocycles. The Morgan fingerprint density at radius 1 is 1.23 bits per heavy atom. The molecular weight excluding hydrogens is 316 g/mol. The van der Waals surface area contributed by atoms with Crippen molar-refractivity contribution in [3.05, 3.63) is 58.6 Å². The minimum atomic E-state index is -0.203. The number of benzene rings is 2. The number of aromatic nitrogens is 1. The summed E-state index contributed by atoms with van der Waals surface area (Å²) in [6.07, 6.45) is 0. The van der Waals surface area contributed by atoms with Crippen LogP contribution >= 0.6 is 22.9 Å². The van der Waals surface area contributed by atoms with E-state index in [0.29, 0.717) is 21.6 Å². The Labute approximate surface area is 138 Å². The summed E-state index contributed by atoms with van der Waals surface area (Å²) in [5, 5.41) is 3.97. The zero-order valence-electron chi connectivity index (χ0n) is 12.3. The maximum atomic E-state index is 12.2. The molecule has 1 heterocycles. The number of nitrogens with zero attached hydrogens (tertiary/aromatic N) is 1. The van der Waals surface area contributed by atoms with Gasteiger partial charge in [-0.25, -0.2) is 4.98 Å². The highest BCUT2D eigenvalue weighted by atomic mass is 35.5. The average Bonchev–Trinajstić information content (AvgIpc) is 2.88. The van der Waals surface area contributed by atoms with Crippen LogP contribution in [0.2, 0.25) is 5.02 Å². The van der Waals surface area contributed by atoms with Gasteiger partial charge in [0.2, 0.25) is 0 Å². The monoisotopic (exact) mass is 330 g/mol. The number of nitrogens with one attached hydrogen (secondary N) is 1. The summed E-state index contributed by atoms with van der Waals surface area (Å²) in [6, 6.07) is 13.1. The second-order valence-electron chi connectivity index (χ2n) is 5.37. The third kappa shape index (κ3) is 3.13. The number of rotatable bonds is 3. The third-order valence-corrected chi connectivity index (χ3v) is 4.56. The van der Waals surface area contributed by atoms with Crippen LogP contribution in [0.15, 0.2) is 42.5 Å². The van der Waals surface area contributed by atoms with Crippen molar-refractivity contribution in [3.63, 3.8) is 0 Å². The largest absolute Gasteiger partial charge is 0.298 e.